The SMILES string of the molecule is C#CC(C)NC(=O)C1CCCC(C(F)(F)F)C1. The van der Waals surface area contributed by atoms with Crippen LogP contribution in [-0.2, 0) is 4.79 Å². The van der Waals surface area contributed by atoms with Crippen LogP contribution < -0.4 is 5.32 Å². The summed E-state index contributed by atoms with van der Waals surface area (Å²) in [6.07, 6.45) is 1.86. The molecule has 2 nitrogen and oxygen atoms in total. The van der Waals surface area contributed by atoms with Crippen molar-refractivity contribution in [3.05, 3.63) is 0 Å². The molecule has 0 heterocycles. The number of hydrogen-bond acceptors (Lipinski definition) is 1. The number of carbonyl (C=O) groups is 1. The van der Waals surface area contributed by atoms with E-state index in [-0.39, 0.29) is 18.7 Å². The quantitative estimate of drug-likeness (QED) is 0.746. The third-order valence-electron chi connectivity index (χ3n) is 3.12. The van der Waals surface area contributed by atoms with Gasteiger partial charge in [-0.25, -0.2) is 0 Å². The van der Waals surface area contributed by atoms with Gasteiger partial charge in [0.1, 0.15) is 0 Å². The number of rotatable bonds is 2. The molecule has 1 fully saturated rings. The first kappa shape index (κ1) is 13.9. The van der Waals surface area contributed by atoms with Gasteiger partial charge in [0.05, 0.1) is 12.0 Å². The van der Waals surface area contributed by atoms with Crippen molar-refractivity contribution < 1.29 is 18.0 Å². The maximum Gasteiger partial charge on any atom is 0.391 e. The van der Waals surface area contributed by atoms with Crippen LogP contribution in [0.2, 0.25) is 0 Å². The Bertz CT molecular complexity index is 319. The zero-order valence-electron chi connectivity index (χ0n) is 9.68. The van der Waals surface area contributed by atoms with E-state index in [1.165, 1.54) is 0 Å². The highest BCUT2D eigenvalue weighted by Crippen LogP contribution is 2.39. The molecule has 0 bridgehead atoms. The Hall–Kier alpha value is -1.18. The van der Waals surface area contributed by atoms with E-state index in [1.54, 1.807) is 6.92 Å². The lowest BCUT2D eigenvalue weighted by atomic mass is 9.80. The fraction of sp³-hybridized carbons (Fsp3) is 0.750. The summed E-state index contributed by atoms with van der Waals surface area (Å²) in [6.45, 7) is 1.63. The van der Waals surface area contributed by atoms with Crippen LogP contribution >= 0.6 is 0 Å². The van der Waals surface area contributed by atoms with E-state index in [9.17, 15) is 18.0 Å². The molecule has 0 spiro atoms. The van der Waals surface area contributed by atoms with Crippen molar-refractivity contribution in [1.29, 1.82) is 0 Å². The number of terminal acetylenes is 1. The Kier molecular flexibility index (Phi) is 4.44. The standard InChI is InChI=1S/C12H16F3NO/c1-3-8(2)16-11(17)9-5-4-6-10(7-9)12(13,14)15/h1,8-10H,4-7H2,2H3,(H,16,17). The minimum Gasteiger partial charge on any atom is -0.343 e. The third kappa shape index (κ3) is 3.95. The fourth-order valence-electron chi connectivity index (χ4n) is 2.10. The second kappa shape index (κ2) is 5.44. The molecule has 1 rings (SSSR count). The first-order valence-corrected chi connectivity index (χ1v) is 5.67. The van der Waals surface area contributed by atoms with E-state index in [0.717, 1.165) is 0 Å². The Balaban J connectivity index is 2.55. The minimum absolute atomic E-state index is 0.118. The van der Waals surface area contributed by atoms with E-state index in [1.807, 2.05) is 0 Å². The number of hydrogen-bond donors (Lipinski definition) is 1. The largest absolute Gasteiger partial charge is 0.391 e. The summed E-state index contributed by atoms with van der Waals surface area (Å²) >= 11 is 0. The number of carbonyl (C=O) groups excluding carboxylic acids is 1. The van der Waals surface area contributed by atoms with Gasteiger partial charge >= 0.3 is 6.18 Å². The van der Waals surface area contributed by atoms with Crippen molar-refractivity contribution in [2.75, 3.05) is 0 Å². The van der Waals surface area contributed by atoms with Crippen LogP contribution in [0.4, 0.5) is 13.2 Å². The molecule has 17 heavy (non-hydrogen) atoms. The van der Waals surface area contributed by atoms with Gasteiger partial charge in [-0.05, 0) is 26.2 Å². The predicted molar refractivity (Wildman–Crippen MR) is 57.9 cm³/mol. The zero-order chi connectivity index (χ0) is 13.1. The average Bonchev–Trinajstić information content (AvgIpc) is 2.28. The molecule has 1 saturated carbocycles. The van der Waals surface area contributed by atoms with Gasteiger partial charge < -0.3 is 5.32 Å². The summed E-state index contributed by atoms with van der Waals surface area (Å²) in [6, 6.07) is -0.436. The molecule has 1 aliphatic rings. The molecule has 0 aromatic rings. The van der Waals surface area contributed by atoms with Crippen molar-refractivity contribution in [3.63, 3.8) is 0 Å². The van der Waals surface area contributed by atoms with Gasteiger partial charge in [-0.3, -0.25) is 4.79 Å². The second-order valence-electron chi connectivity index (χ2n) is 4.50. The maximum absolute atomic E-state index is 12.5. The summed E-state index contributed by atoms with van der Waals surface area (Å²) < 4.78 is 37.6. The highest BCUT2D eigenvalue weighted by molar-refractivity contribution is 5.79. The second-order valence-corrected chi connectivity index (χ2v) is 4.50. The van der Waals surface area contributed by atoms with E-state index in [2.05, 4.69) is 11.2 Å². The number of amides is 1. The van der Waals surface area contributed by atoms with E-state index in [4.69, 9.17) is 6.42 Å². The summed E-state index contributed by atoms with van der Waals surface area (Å²) in [7, 11) is 0. The zero-order valence-corrected chi connectivity index (χ0v) is 9.68. The molecule has 3 unspecified atom stereocenters. The van der Waals surface area contributed by atoms with Crippen LogP contribution in [0.25, 0.3) is 0 Å². The Labute approximate surface area is 99.0 Å². The summed E-state index contributed by atoms with van der Waals surface area (Å²) in [5.41, 5.74) is 0. The van der Waals surface area contributed by atoms with Gasteiger partial charge in [0.2, 0.25) is 5.91 Å². The average molecular weight is 247 g/mol. The van der Waals surface area contributed by atoms with Gasteiger partial charge in [-0.1, -0.05) is 12.3 Å². The molecular weight excluding hydrogens is 231 g/mol. The Morgan fingerprint density at radius 1 is 1.47 bits per heavy atom. The van der Waals surface area contributed by atoms with E-state index < -0.39 is 24.1 Å². The van der Waals surface area contributed by atoms with E-state index >= 15 is 0 Å². The van der Waals surface area contributed by atoms with Crippen molar-refractivity contribution in [3.8, 4) is 12.3 Å². The molecule has 0 aliphatic heterocycles. The van der Waals surface area contributed by atoms with Crippen molar-refractivity contribution in [2.45, 2.75) is 44.8 Å². The molecule has 3 atom stereocenters. The van der Waals surface area contributed by atoms with Gasteiger partial charge in [-0.2, -0.15) is 13.2 Å². The van der Waals surface area contributed by atoms with Crippen LogP contribution in [0.3, 0.4) is 0 Å². The minimum atomic E-state index is -4.20. The van der Waals surface area contributed by atoms with Crippen LogP contribution in [0.15, 0.2) is 0 Å². The summed E-state index contributed by atoms with van der Waals surface area (Å²) in [5, 5.41) is 2.53. The number of alkyl halides is 3. The van der Waals surface area contributed by atoms with Crippen LogP contribution in [-0.4, -0.2) is 18.1 Å². The monoisotopic (exact) mass is 247 g/mol. The molecule has 0 radical (unpaired) electrons. The number of nitrogens with one attached hydrogen (secondary N) is 1. The molecule has 0 aromatic heterocycles. The van der Waals surface area contributed by atoms with Crippen LogP contribution in [0.5, 0.6) is 0 Å². The lowest BCUT2D eigenvalue weighted by molar-refractivity contribution is -0.186. The Morgan fingerprint density at radius 2 is 2.12 bits per heavy atom. The first-order valence-electron chi connectivity index (χ1n) is 5.67. The van der Waals surface area contributed by atoms with Crippen LogP contribution in [0, 0.1) is 24.2 Å². The molecular formula is C12H16F3NO. The lowest BCUT2D eigenvalue weighted by Gasteiger charge is -2.30. The molecule has 96 valence electrons. The van der Waals surface area contributed by atoms with Crippen molar-refractivity contribution in [2.24, 2.45) is 11.8 Å². The normalized spacial score (nSPS) is 27.0. The van der Waals surface area contributed by atoms with Gasteiger partial charge in [0, 0.05) is 5.92 Å². The topological polar surface area (TPSA) is 29.1 Å². The molecule has 0 aromatic carbocycles. The molecule has 1 aliphatic carbocycles. The first-order chi connectivity index (χ1) is 7.84. The summed E-state index contributed by atoms with van der Waals surface area (Å²) in [4.78, 5) is 11.7. The highest BCUT2D eigenvalue weighted by Gasteiger charge is 2.43. The Morgan fingerprint density at radius 3 is 2.65 bits per heavy atom. The maximum atomic E-state index is 12.5. The summed E-state index contributed by atoms with van der Waals surface area (Å²) in [5.74, 6) is 0.0479. The molecule has 5 heteroatoms. The molecule has 1 amide bonds. The molecule has 1 N–H and O–H groups in total. The van der Waals surface area contributed by atoms with Crippen molar-refractivity contribution >= 4 is 5.91 Å². The van der Waals surface area contributed by atoms with Gasteiger partial charge in [-0.15, -0.1) is 6.42 Å². The van der Waals surface area contributed by atoms with Crippen molar-refractivity contribution in [1.82, 2.24) is 5.32 Å². The lowest BCUT2D eigenvalue weighted by Crippen LogP contribution is -2.40. The van der Waals surface area contributed by atoms with Gasteiger partial charge in [0.25, 0.3) is 0 Å². The van der Waals surface area contributed by atoms with Crippen LogP contribution in [0.1, 0.15) is 32.6 Å². The van der Waals surface area contributed by atoms with Gasteiger partial charge in [0.15, 0.2) is 0 Å². The third-order valence-corrected chi connectivity index (χ3v) is 3.12. The predicted octanol–water partition coefficient (Wildman–Crippen LogP) is 2.49. The van der Waals surface area contributed by atoms with E-state index in [0.29, 0.717) is 12.8 Å². The highest BCUT2D eigenvalue weighted by atomic mass is 19.4. The molecule has 0 saturated heterocycles. The number of halogens is 3. The smallest absolute Gasteiger partial charge is 0.343 e. The fourth-order valence-corrected chi connectivity index (χ4v) is 2.10.